The molecule has 0 aromatic carbocycles. The lowest BCUT2D eigenvalue weighted by molar-refractivity contribution is -0.405. The fourth-order valence-corrected chi connectivity index (χ4v) is 0.862. The Morgan fingerprint density at radius 1 is 1.73 bits per heavy atom. The van der Waals surface area contributed by atoms with Crippen molar-refractivity contribution in [1.29, 1.82) is 0 Å². The summed E-state index contributed by atoms with van der Waals surface area (Å²) in [6.07, 6.45) is 0.984. The summed E-state index contributed by atoms with van der Waals surface area (Å²) in [6.45, 7) is 0. The maximum atomic E-state index is 10.1. The molecule has 0 radical (unpaired) electrons. The summed E-state index contributed by atoms with van der Waals surface area (Å²) in [6, 6.07) is 0. The molecule has 1 rings (SSSR count). The van der Waals surface area contributed by atoms with E-state index in [0.29, 0.717) is 0 Å². The van der Waals surface area contributed by atoms with Crippen LogP contribution in [0.25, 0.3) is 0 Å². The van der Waals surface area contributed by atoms with E-state index in [9.17, 15) is 10.1 Å². The topological polar surface area (TPSA) is 68.9 Å². The quantitative estimate of drug-likeness (QED) is 0.286. The van der Waals surface area contributed by atoms with Crippen molar-refractivity contribution in [3.8, 4) is 0 Å². The molecule has 0 fully saturated rings. The van der Waals surface area contributed by atoms with Crippen molar-refractivity contribution >= 4 is 17.3 Å². The average molecular weight is 195 g/mol. The lowest BCUT2D eigenvalue weighted by Crippen LogP contribution is -1.94. The molecule has 0 saturated carbocycles. The van der Waals surface area contributed by atoms with Crippen molar-refractivity contribution in [3.05, 3.63) is 26.7 Å². The molecule has 1 heterocycles. The molecule has 0 amide bonds. The minimum atomic E-state index is -0.654. The van der Waals surface area contributed by atoms with Crippen molar-refractivity contribution < 1.29 is 16.5 Å². The van der Waals surface area contributed by atoms with Crippen LogP contribution in [0.4, 0.5) is 5.69 Å². The second kappa shape index (κ2) is 2.98. The van der Waals surface area contributed by atoms with Crippen molar-refractivity contribution in [1.82, 2.24) is 9.97 Å². The molecule has 5 nitrogen and oxygen atoms in total. The predicted molar refractivity (Wildman–Crippen MR) is 34.2 cm³/mol. The molecule has 0 bridgehead atoms. The molecule has 58 valence electrons. The molecule has 0 aliphatic carbocycles. The molecule has 11 heavy (non-hydrogen) atoms. The van der Waals surface area contributed by atoms with E-state index in [0.717, 1.165) is 6.20 Å². The number of halogens is 2. The summed E-state index contributed by atoms with van der Waals surface area (Å²) >= 11 is 9.85. The smallest absolute Gasteiger partial charge is 0.258 e. The summed E-state index contributed by atoms with van der Waals surface area (Å²) in [5, 5.41) is 9.92. The Labute approximate surface area is 71.1 Å². The highest BCUT2D eigenvalue weighted by molar-refractivity contribution is 6.28. The van der Waals surface area contributed by atoms with Crippen LogP contribution >= 0.6 is 11.6 Å². The van der Waals surface area contributed by atoms with E-state index in [1.807, 2.05) is 0 Å². The van der Waals surface area contributed by atoms with Crippen molar-refractivity contribution in [2.24, 2.45) is 0 Å². The highest BCUT2D eigenvalue weighted by atomic mass is 35.5. The molecule has 0 atom stereocenters. The first-order chi connectivity index (χ1) is 5.11. The standard InChI is InChI=1S/C4H2Cl2N3O2/c5-3-2(9(10)11)1-7-4(6)8-3/h1,5H/q+1. The lowest BCUT2D eigenvalue weighted by atomic mass is 10.6. The maximum absolute atomic E-state index is 10.1. The molecular weight excluding hydrogens is 193 g/mol. The first kappa shape index (κ1) is 8.16. The largest absolute Gasteiger partial charge is 0.400 e. The van der Waals surface area contributed by atoms with Gasteiger partial charge in [-0.05, 0) is 11.6 Å². The van der Waals surface area contributed by atoms with Gasteiger partial charge in [0.05, 0.1) is 4.92 Å². The van der Waals surface area contributed by atoms with Gasteiger partial charge in [-0.1, -0.05) is 0 Å². The van der Waals surface area contributed by atoms with Crippen LogP contribution < -0.4 is 0 Å². The van der Waals surface area contributed by atoms with Gasteiger partial charge in [0.1, 0.15) is 6.20 Å². The van der Waals surface area contributed by atoms with Gasteiger partial charge in [-0.15, -0.1) is 0 Å². The molecular formula is C4H2Cl2N3O2+. The van der Waals surface area contributed by atoms with E-state index in [-0.39, 0.29) is 16.1 Å². The zero-order valence-electron chi connectivity index (χ0n) is 5.02. The summed E-state index contributed by atoms with van der Waals surface area (Å²) < 4.78 is 0. The van der Waals surface area contributed by atoms with Gasteiger partial charge in [0.25, 0.3) is 0 Å². The Morgan fingerprint density at radius 3 is 2.82 bits per heavy atom. The number of hydrogen-bond donors (Lipinski definition) is 0. The van der Waals surface area contributed by atoms with E-state index < -0.39 is 4.92 Å². The third kappa shape index (κ3) is 1.75. The van der Waals surface area contributed by atoms with Crippen LogP contribution in [0, 0.1) is 21.7 Å². The van der Waals surface area contributed by atoms with Gasteiger partial charge >= 0.3 is 10.8 Å². The summed E-state index contributed by atoms with van der Waals surface area (Å²) in [4.78, 5) is 16.3. The third-order valence-corrected chi connectivity index (χ3v) is 1.39. The molecule has 1 aromatic rings. The summed E-state index contributed by atoms with van der Waals surface area (Å²) in [7, 11) is 0. The lowest BCUT2D eigenvalue weighted by Gasteiger charge is -1.87. The van der Waals surface area contributed by atoms with E-state index >= 15 is 0 Å². The summed E-state index contributed by atoms with van der Waals surface area (Å²) in [5.74, 6) is 0. The highest BCUT2D eigenvalue weighted by Crippen LogP contribution is 2.16. The average Bonchev–Trinajstić information content (AvgIpc) is 1.85. The van der Waals surface area contributed by atoms with Crippen LogP contribution in [0.2, 0.25) is 10.4 Å². The Kier molecular flexibility index (Phi) is 2.21. The summed E-state index contributed by atoms with van der Waals surface area (Å²) in [5.41, 5.74) is -0.301. The van der Waals surface area contributed by atoms with Gasteiger partial charge in [-0.3, -0.25) is 10.1 Å². The van der Waals surface area contributed by atoms with Gasteiger partial charge in [-0.25, -0.2) is 4.98 Å². The minimum absolute atomic E-state index is 0.0828. The van der Waals surface area contributed by atoms with Gasteiger partial charge in [0.2, 0.25) is 5.28 Å². The Bertz CT molecular complexity index is 303. The Balaban J connectivity index is 3.20. The second-order valence-corrected chi connectivity index (χ2v) is 2.31. The van der Waals surface area contributed by atoms with E-state index in [4.69, 9.17) is 11.6 Å². The van der Waals surface area contributed by atoms with Crippen LogP contribution in [-0.2, 0) is 0 Å². The van der Waals surface area contributed by atoms with Crippen molar-refractivity contribution in [2.45, 2.75) is 0 Å². The zero-order valence-corrected chi connectivity index (χ0v) is 6.59. The molecule has 7 heteroatoms. The monoisotopic (exact) mass is 194 g/mol. The van der Waals surface area contributed by atoms with E-state index in [1.165, 1.54) is 0 Å². The molecule has 0 N–H and O–H groups in total. The molecule has 1 aromatic heterocycles. The first-order valence-corrected chi connectivity index (χ1v) is 3.24. The molecule has 0 aliphatic rings. The fraction of sp³-hybridized carbons (Fsp3) is 0. The second-order valence-electron chi connectivity index (χ2n) is 1.59. The van der Waals surface area contributed by atoms with Crippen LogP contribution in [0.1, 0.15) is 0 Å². The first-order valence-electron chi connectivity index (χ1n) is 2.45. The van der Waals surface area contributed by atoms with Gasteiger partial charge in [0.15, 0.2) is 11.6 Å². The number of hydrogen-bond acceptors (Lipinski definition) is 4. The SMILES string of the molecule is O=[N+]([O-])c1cnc(Cl)nc1[ClH+]. The van der Waals surface area contributed by atoms with Crippen LogP contribution in [0.5, 0.6) is 0 Å². The zero-order chi connectivity index (χ0) is 8.43. The van der Waals surface area contributed by atoms with Gasteiger partial charge in [0, 0.05) is 0 Å². The molecule has 0 saturated heterocycles. The maximum Gasteiger partial charge on any atom is 0.400 e. The Morgan fingerprint density at radius 2 is 2.36 bits per heavy atom. The predicted octanol–water partition coefficient (Wildman–Crippen LogP) is 0.734. The number of nitrogens with zero attached hydrogens (tertiary/aromatic N) is 3. The number of nitro groups is 1. The van der Waals surface area contributed by atoms with Crippen LogP contribution in [0.3, 0.4) is 0 Å². The van der Waals surface area contributed by atoms with Crippen molar-refractivity contribution in [3.63, 3.8) is 0 Å². The molecule has 0 spiro atoms. The Hall–Kier alpha value is -0.940. The van der Waals surface area contributed by atoms with Crippen molar-refractivity contribution in [2.75, 3.05) is 0 Å². The number of rotatable bonds is 1. The highest BCUT2D eigenvalue weighted by Gasteiger charge is 2.20. The number of aromatic nitrogens is 2. The normalized spacial score (nSPS) is 9.64. The molecule has 0 aliphatic heterocycles. The van der Waals surface area contributed by atoms with E-state index in [2.05, 4.69) is 21.6 Å². The van der Waals surface area contributed by atoms with Gasteiger partial charge in [-0.2, -0.15) is 4.98 Å². The van der Waals surface area contributed by atoms with Crippen LogP contribution in [-0.4, -0.2) is 14.9 Å². The van der Waals surface area contributed by atoms with Crippen LogP contribution in [0.15, 0.2) is 6.20 Å². The molecule has 0 unspecified atom stereocenters. The van der Waals surface area contributed by atoms with E-state index in [1.54, 1.807) is 0 Å². The minimum Gasteiger partial charge on any atom is -0.258 e. The third-order valence-electron chi connectivity index (χ3n) is 0.903. The fourth-order valence-electron chi connectivity index (χ4n) is 0.465. The van der Waals surface area contributed by atoms with Gasteiger partial charge < -0.3 is 0 Å².